The minimum absolute atomic E-state index is 0.0419. The summed E-state index contributed by atoms with van der Waals surface area (Å²) in [4.78, 5) is 24.2. The Bertz CT molecular complexity index is 709. The van der Waals surface area contributed by atoms with Crippen LogP contribution in [0.2, 0.25) is 0 Å². The van der Waals surface area contributed by atoms with Crippen molar-refractivity contribution in [3.05, 3.63) is 30.0 Å². The van der Waals surface area contributed by atoms with Gasteiger partial charge in [0.25, 0.3) is 0 Å². The molecular formula is C15H17NO5. The zero-order valence-electron chi connectivity index (χ0n) is 12.3. The third-order valence-corrected chi connectivity index (χ3v) is 2.76. The average Bonchev–Trinajstić information content (AvgIpc) is 2.74. The lowest BCUT2D eigenvalue weighted by Crippen LogP contribution is -2.29. The maximum atomic E-state index is 12.3. The first-order valence-corrected chi connectivity index (χ1v) is 6.39. The molecule has 0 saturated heterocycles. The van der Waals surface area contributed by atoms with Gasteiger partial charge in [-0.1, -0.05) is 0 Å². The van der Waals surface area contributed by atoms with E-state index in [1.807, 2.05) is 0 Å². The van der Waals surface area contributed by atoms with E-state index in [0.717, 1.165) is 4.57 Å². The summed E-state index contributed by atoms with van der Waals surface area (Å²) in [5.74, 6) is -0.614. The fourth-order valence-electron chi connectivity index (χ4n) is 1.96. The molecule has 0 atom stereocenters. The van der Waals surface area contributed by atoms with Gasteiger partial charge in [0.1, 0.15) is 17.0 Å². The Morgan fingerprint density at radius 1 is 1.19 bits per heavy atom. The number of rotatable bonds is 1. The molecule has 1 aromatic carbocycles. The van der Waals surface area contributed by atoms with Crippen molar-refractivity contribution in [3.63, 3.8) is 0 Å². The Morgan fingerprint density at radius 2 is 1.86 bits per heavy atom. The molecule has 0 aliphatic heterocycles. The number of benzene rings is 1. The van der Waals surface area contributed by atoms with E-state index >= 15 is 0 Å². The highest BCUT2D eigenvalue weighted by atomic mass is 16.6. The normalized spacial score (nSPS) is 11.4. The van der Waals surface area contributed by atoms with Gasteiger partial charge in [0.05, 0.1) is 12.6 Å². The summed E-state index contributed by atoms with van der Waals surface area (Å²) in [5, 5.41) is 10.1. The van der Waals surface area contributed by atoms with Gasteiger partial charge in [-0.15, -0.1) is 0 Å². The maximum Gasteiger partial charge on any atom is 0.419 e. The number of hydrogen-bond donors (Lipinski definition) is 1. The molecule has 0 unspecified atom stereocenters. The number of fused-ring (bicyclic) bond motifs is 1. The van der Waals surface area contributed by atoms with Crippen LogP contribution in [0.1, 0.15) is 31.3 Å². The van der Waals surface area contributed by atoms with Gasteiger partial charge in [-0.05, 0) is 45.0 Å². The van der Waals surface area contributed by atoms with Gasteiger partial charge in [-0.25, -0.2) is 14.2 Å². The Labute approximate surface area is 121 Å². The highest BCUT2D eigenvalue weighted by Crippen LogP contribution is 2.25. The van der Waals surface area contributed by atoms with E-state index in [1.54, 1.807) is 26.8 Å². The summed E-state index contributed by atoms with van der Waals surface area (Å²) < 4.78 is 11.1. The second-order valence-electron chi connectivity index (χ2n) is 5.58. The lowest BCUT2D eigenvalue weighted by atomic mass is 10.2. The minimum Gasteiger partial charge on any atom is -0.508 e. The van der Waals surface area contributed by atoms with E-state index in [9.17, 15) is 14.7 Å². The SMILES string of the molecule is COC(=O)c1cc2cc(O)ccc2n1C(=O)OC(C)(C)C. The minimum atomic E-state index is -0.696. The molecule has 0 bridgehead atoms. The van der Waals surface area contributed by atoms with Crippen LogP contribution in [0.15, 0.2) is 24.3 Å². The van der Waals surface area contributed by atoms with Gasteiger partial charge < -0.3 is 14.6 Å². The molecule has 0 aliphatic rings. The van der Waals surface area contributed by atoms with Crippen molar-refractivity contribution in [2.24, 2.45) is 0 Å². The van der Waals surface area contributed by atoms with Crippen LogP contribution in [0.25, 0.3) is 10.9 Å². The number of phenols is 1. The van der Waals surface area contributed by atoms with Gasteiger partial charge >= 0.3 is 12.1 Å². The molecule has 1 N–H and O–H groups in total. The third kappa shape index (κ3) is 2.99. The standard InChI is InChI=1S/C15H17NO5/c1-15(2,3)21-14(19)16-11-6-5-10(17)7-9(11)8-12(16)13(18)20-4/h5-8,17H,1-4H3. The number of esters is 1. The van der Waals surface area contributed by atoms with Crippen LogP contribution in [-0.4, -0.2) is 34.4 Å². The van der Waals surface area contributed by atoms with Crippen molar-refractivity contribution in [3.8, 4) is 5.75 Å². The van der Waals surface area contributed by atoms with Crippen LogP contribution in [0.4, 0.5) is 4.79 Å². The predicted octanol–water partition coefficient (Wildman–Crippen LogP) is 2.92. The molecule has 0 fully saturated rings. The molecule has 6 heteroatoms. The summed E-state index contributed by atoms with van der Waals surface area (Å²) >= 11 is 0. The monoisotopic (exact) mass is 291 g/mol. The maximum absolute atomic E-state index is 12.3. The molecule has 0 saturated carbocycles. The smallest absolute Gasteiger partial charge is 0.419 e. The molecule has 21 heavy (non-hydrogen) atoms. The molecule has 1 heterocycles. The quantitative estimate of drug-likeness (QED) is 0.817. The van der Waals surface area contributed by atoms with E-state index in [4.69, 9.17) is 4.74 Å². The first-order chi connectivity index (χ1) is 9.73. The number of carbonyl (C=O) groups excluding carboxylic acids is 2. The Morgan fingerprint density at radius 3 is 2.43 bits per heavy atom. The highest BCUT2D eigenvalue weighted by molar-refractivity contribution is 6.01. The summed E-state index contributed by atoms with van der Waals surface area (Å²) in [6.45, 7) is 5.21. The average molecular weight is 291 g/mol. The molecular weight excluding hydrogens is 274 g/mol. The van der Waals surface area contributed by atoms with E-state index in [0.29, 0.717) is 10.9 Å². The second-order valence-corrected chi connectivity index (χ2v) is 5.58. The number of phenolic OH excluding ortho intramolecular Hbond substituents is 1. The third-order valence-electron chi connectivity index (χ3n) is 2.76. The van der Waals surface area contributed by atoms with Gasteiger partial charge in [0.2, 0.25) is 0 Å². The molecule has 0 amide bonds. The van der Waals surface area contributed by atoms with Crippen molar-refractivity contribution < 1.29 is 24.2 Å². The number of nitrogens with zero attached hydrogens (tertiary/aromatic N) is 1. The number of hydrogen-bond acceptors (Lipinski definition) is 5. The van der Waals surface area contributed by atoms with Gasteiger partial charge in [-0.2, -0.15) is 0 Å². The van der Waals surface area contributed by atoms with E-state index in [1.165, 1.54) is 25.3 Å². The molecule has 0 aliphatic carbocycles. The number of aromatic nitrogens is 1. The summed E-state index contributed by atoms with van der Waals surface area (Å²) in [5.41, 5.74) is -0.187. The summed E-state index contributed by atoms with van der Waals surface area (Å²) in [6, 6.07) is 5.92. The molecule has 112 valence electrons. The van der Waals surface area contributed by atoms with Crippen LogP contribution >= 0.6 is 0 Å². The van der Waals surface area contributed by atoms with Crippen LogP contribution in [-0.2, 0) is 9.47 Å². The summed E-state index contributed by atoms with van der Waals surface area (Å²) in [6.07, 6.45) is -0.677. The molecule has 6 nitrogen and oxygen atoms in total. The van der Waals surface area contributed by atoms with Crippen LogP contribution in [0, 0.1) is 0 Å². The zero-order chi connectivity index (χ0) is 15.8. The summed E-state index contributed by atoms with van der Waals surface area (Å²) in [7, 11) is 1.23. The van der Waals surface area contributed by atoms with Gasteiger partial charge in [0.15, 0.2) is 0 Å². The van der Waals surface area contributed by atoms with Crippen molar-refractivity contribution in [1.29, 1.82) is 0 Å². The first kappa shape index (κ1) is 14.9. The lowest BCUT2D eigenvalue weighted by molar-refractivity contribution is 0.0489. The zero-order valence-corrected chi connectivity index (χ0v) is 12.3. The molecule has 1 aromatic heterocycles. The largest absolute Gasteiger partial charge is 0.508 e. The van der Waals surface area contributed by atoms with Crippen LogP contribution in [0.3, 0.4) is 0 Å². The first-order valence-electron chi connectivity index (χ1n) is 6.39. The lowest BCUT2D eigenvalue weighted by Gasteiger charge is -2.20. The van der Waals surface area contributed by atoms with E-state index < -0.39 is 17.7 Å². The van der Waals surface area contributed by atoms with Gasteiger partial charge in [-0.3, -0.25) is 0 Å². The van der Waals surface area contributed by atoms with Crippen molar-refractivity contribution in [2.45, 2.75) is 26.4 Å². The number of carbonyl (C=O) groups is 2. The fourth-order valence-corrected chi connectivity index (χ4v) is 1.96. The molecule has 0 radical (unpaired) electrons. The predicted molar refractivity (Wildman–Crippen MR) is 76.6 cm³/mol. The number of ether oxygens (including phenoxy) is 2. The topological polar surface area (TPSA) is 77.8 Å². The second kappa shape index (κ2) is 5.12. The number of aromatic hydroxyl groups is 1. The molecule has 2 rings (SSSR count). The van der Waals surface area contributed by atoms with Crippen molar-refractivity contribution >= 4 is 23.0 Å². The van der Waals surface area contributed by atoms with Crippen molar-refractivity contribution in [1.82, 2.24) is 4.57 Å². The Hall–Kier alpha value is -2.50. The molecule has 0 spiro atoms. The Kier molecular flexibility index (Phi) is 3.63. The molecule has 2 aromatic rings. The van der Waals surface area contributed by atoms with E-state index in [-0.39, 0.29) is 11.4 Å². The Balaban J connectivity index is 2.63. The van der Waals surface area contributed by atoms with Gasteiger partial charge in [0, 0.05) is 5.39 Å². The van der Waals surface area contributed by atoms with Crippen LogP contribution < -0.4 is 0 Å². The fraction of sp³-hybridized carbons (Fsp3) is 0.333. The highest BCUT2D eigenvalue weighted by Gasteiger charge is 2.25. The van der Waals surface area contributed by atoms with E-state index in [2.05, 4.69) is 4.74 Å². The van der Waals surface area contributed by atoms with Crippen LogP contribution in [0.5, 0.6) is 5.75 Å². The number of methoxy groups -OCH3 is 1. The van der Waals surface area contributed by atoms with Crippen molar-refractivity contribution in [2.75, 3.05) is 7.11 Å².